The number of benzene rings is 1. The SMILES string of the molecule is Cc1cccc(C2(O)CCN([C@H]3COC[C@@H]3O)CC2)c1. The molecule has 1 aromatic carbocycles. The molecule has 0 amide bonds. The molecule has 2 heterocycles. The number of likely N-dealkylation sites (tertiary alicyclic amines) is 1. The second-order valence-corrected chi connectivity index (χ2v) is 6.11. The van der Waals surface area contributed by atoms with Crippen molar-refractivity contribution in [2.45, 2.75) is 37.5 Å². The number of rotatable bonds is 2. The van der Waals surface area contributed by atoms with Crippen LogP contribution in [-0.2, 0) is 10.3 Å². The molecular weight excluding hydrogens is 254 g/mol. The van der Waals surface area contributed by atoms with Gasteiger partial charge in [0.15, 0.2) is 0 Å². The highest BCUT2D eigenvalue weighted by molar-refractivity contribution is 5.28. The zero-order valence-corrected chi connectivity index (χ0v) is 12.0. The van der Waals surface area contributed by atoms with Gasteiger partial charge in [0.05, 0.1) is 31.0 Å². The molecule has 0 saturated carbocycles. The van der Waals surface area contributed by atoms with E-state index in [1.54, 1.807) is 0 Å². The van der Waals surface area contributed by atoms with Gasteiger partial charge in [0.2, 0.25) is 0 Å². The Labute approximate surface area is 120 Å². The van der Waals surface area contributed by atoms with Crippen LogP contribution in [0.3, 0.4) is 0 Å². The van der Waals surface area contributed by atoms with Crippen LogP contribution < -0.4 is 0 Å². The fourth-order valence-corrected chi connectivity index (χ4v) is 3.33. The number of aryl methyl sites for hydroxylation is 1. The molecular formula is C16H23NO3. The second kappa shape index (κ2) is 5.45. The van der Waals surface area contributed by atoms with Gasteiger partial charge in [-0.25, -0.2) is 0 Å². The number of ether oxygens (including phenoxy) is 1. The van der Waals surface area contributed by atoms with E-state index in [9.17, 15) is 10.2 Å². The van der Waals surface area contributed by atoms with E-state index in [-0.39, 0.29) is 12.1 Å². The van der Waals surface area contributed by atoms with Crippen molar-refractivity contribution in [2.24, 2.45) is 0 Å². The maximum absolute atomic E-state index is 10.9. The quantitative estimate of drug-likeness (QED) is 0.848. The van der Waals surface area contributed by atoms with Crippen LogP contribution in [0.25, 0.3) is 0 Å². The fourth-order valence-electron chi connectivity index (χ4n) is 3.33. The Morgan fingerprint density at radius 1 is 1.25 bits per heavy atom. The summed E-state index contributed by atoms with van der Waals surface area (Å²) in [6.45, 7) is 4.69. The van der Waals surface area contributed by atoms with Gasteiger partial charge in [-0.2, -0.15) is 0 Å². The Kier molecular flexibility index (Phi) is 3.82. The molecule has 0 radical (unpaired) electrons. The number of aliphatic hydroxyl groups excluding tert-OH is 1. The highest BCUT2D eigenvalue weighted by Crippen LogP contribution is 2.34. The molecule has 4 heteroatoms. The molecule has 2 N–H and O–H groups in total. The van der Waals surface area contributed by atoms with Gasteiger partial charge in [0, 0.05) is 13.1 Å². The Morgan fingerprint density at radius 3 is 2.60 bits per heavy atom. The van der Waals surface area contributed by atoms with Crippen molar-refractivity contribution in [1.29, 1.82) is 0 Å². The van der Waals surface area contributed by atoms with Crippen LogP contribution in [0.15, 0.2) is 24.3 Å². The third-order valence-electron chi connectivity index (χ3n) is 4.67. The lowest BCUT2D eigenvalue weighted by Crippen LogP contribution is -2.50. The smallest absolute Gasteiger partial charge is 0.0950 e. The predicted molar refractivity (Wildman–Crippen MR) is 76.5 cm³/mol. The van der Waals surface area contributed by atoms with Crippen LogP contribution in [0.2, 0.25) is 0 Å². The monoisotopic (exact) mass is 277 g/mol. The Morgan fingerprint density at radius 2 is 2.00 bits per heavy atom. The van der Waals surface area contributed by atoms with E-state index in [1.807, 2.05) is 25.1 Å². The summed E-state index contributed by atoms with van der Waals surface area (Å²) in [5.74, 6) is 0. The number of hydrogen-bond acceptors (Lipinski definition) is 4. The van der Waals surface area contributed by atoms with Crippen molar-refractivity contribution in [3.05, 3.63) is 35.4 Å². The van der Waals surface area contributed by atoms with Crippen LogP contribution in [0, 0.1) is 6.92 Å². The Balaban J connectivity index is 1.68. The summed E-state index contributed by atoms with van der Waals surface area (Å²) < 4.78 is 5.32. The first-order valence-corrected chi connectivity index (χ1v) is 7.38. The topological polar surface area (TPSA) is 52.9 Å². The summed E-state index contributed by atoms with van der Waals surface area (Å²) in [7, 11) is 0. The van der Waals surface area contributed by atoms with Crippen molar-refractivity contribution in [1.82, 2.24) is 4.90 Å². The van der Waals surface area contributed by atoms with Gasteiger partial charge in [-0.15, -0.1) is 0 Å². The lowest BCUT2D eigenvalue weighted by atomic mass is 9.83. The third-order valence-corrected chi connectivity index (χ3v) is 4.67. The van der Waals surface area contributed by atoms with Crippen molar-refractivity contribution >= 4 is 0 Å². The lowest BCUT2D eigenvalue weighted by molar-refractivity contribution is -0.0457. The predicted octanol–water partition coefficient (Wildman–Crippen LogP) is 1.04. The van der Waals surface area contributed by atoms with Gasteiger partial charge in [0.25, 0.3) is 0 Å². The third kappa shape index (κ3) is 2.61. The molecule has 20 heavy (non-hydrogen) atoms. The fraction of sp³-hybridized carbons (Fsp3) is 0.625. The summed E-state index contributed by atoms with van der Waals surface area (Å²) in [5.41, 5.74) is 1.46. The van der Waals surface area contributed by atoms with Crippen molar-refractivity contribution in [3.8, 4) is 0 Å². The molecule has 0 unspecified atom stereocenters. The number of hydrogen-bond donors (Lipinski definition) is 2. The standard InChI is InChI=1S/C16H23NO3/c1-12-3-2-4-13(9-12)16(19)5-7-17(8-6-16)14-10-20-11-15(14)18/h2-4,9,14-15,18-19H,5-8,10-11H2,1H3/t14-,15-/m0/s1. The molecule has 3 rings (SSSR count). The normalized spacial score (nSPS) is 30.6. The molecule has 2 aliphatic rings. The van der Waals surface area contributed by atoms with Crippen LogP contribution in [0.1, 0.15) is 24.0 Å². The van der Waals surface area contributed by atoms with Gasteiger partial charge >= 0.3 is 0 Å². The minimum Gasteiger partial charge on any atom is -0.389 e. The molecule has 0 aliphatic carbocycles. The van der Waals surface area contributed by atoms with E-state index < -0.39 is 5.60 Å². The molecule has 2 saturated heterocycles. The van der Waals surface area contributed by atoms with E-state index in [0.29, 0.717) is 26.1 Å². The van der Waals surface area contributed by atoms with E-state index >= 15 is 0 Å². The van der Waals surface area contributed by atoms with Gasteiger partial charge < -0.3 is 14.9 Å². The van der Waals surface area contributed by atoms with E-state index in [4.69, 9.17) is 4.74 Å². The molecule has 2 atom stereocenters. The Hall–Kier alpha value is -0.940. The molecule has 1 aromatic rings. The molecule has 110 valence electrons. The van der Waals surface area contributed by atoms with Gasteiger partial charge in [-0.3, -0.25) is 4.90 Å². The summed E-state index contributed by atoms with van der Waals surface area (Å²) in [6.07, 6.45) is 1.03. The lowest BCUT2D eigenvalue weighted by Gasteiger charge is -2.41. The first-order chi connectivity index (χ1) is 9.58. The van der Waals surface area contributed by atoms with Crippen LogP contribution in [0.5, 0.6) is 0 Å². The summed E-state index contributed by atoms with van der Waals surface area (Å²) in [4.78, 5) is 2.25. The average Bonchev–Trinajstić information content (AvgIpc) is 2.86. The van der Waals surface area contributed by atoms with Crippen LogP contribution in [0.4, 0.5) is 0 Å². The molecule has 2 fully saturated rings. The highest BCUT2D eigenvalue weighted by Gasteiger charge is 2.39. The first-order valence-electron chi connectivity index (χ1n) is 7.38. The number of piperidine rings is 1. The second-order valence-electron chi connectivity index (χ2n) is 6.11. The van der Waals surface area contributed by atoms with E-state index in [0.717, 1.165) is 18.7 Å². The summed E-state index contributed by atoms with van der Waals surface area (Å²) in [6, 6.07) is 8.23. The number of nitrogens with zero attached hydrogens (tertiary/aromatic N) is 1. The van der Waals surface area contributed by atoms with Crippen molar-refractivity contribution < 1.29 is 14.9 Å². The maximum atomic E-state index is 10.9. The zero-order chi connectivity index (χ0) is 14.2. The molecule has 2 aliphatic heterocycles. The molecule has 4 nitrogen and oxygen atoms in total. The van der Waals surface area contributed by atoms with E-state index in [1.165, 1.54) is 5.56 Å². The maximum Gasteiger partial charge on any atom is 0.0950 e. The molecule has 0 spiro atoms. The Bertz CT molecular complexity index is 469. The van der Waals surface area contributed by atoms with Crippen LogP contribution >= 0.6 is 0 Å². The molecule has 0 aromatic heterocycles. The molecule has 0 bridgehead atoms. The minimum atomic E-state index is -0.729. The minimum absolute atomic E-state index is 0.0945. The number of aliphatic hydroxyl groups is 2. The van der Waals surface area contributed by atoms with Crippen molar-refractivity contribution in [3.63, 3.8) is 0 Å². The van der Waals surface area contributed by atoms with Crippen LogP contribution in [-0.4, -0.2) is 53.6 Å². The average molecular weight is 277 g/mol. The summed E-state index contributed by atoms with van der Waals surface area (Å²) >= 11 is 0. The first kappa shape index (κ1) is 14.0. The summed E-state index contributed by atoms with van der Waals surface area (Å²) in [5, 5.41) is 20.8. The largest absolute Gasteiger partial charge is 0.389 e. The van der Waals surface area contributed by atoms with Gasteiger partial charge in [0.1, 0.15) is 0 Å². The van der Waals surface area contributed by atoms with E-state index in [2.05, 4.69) is 11.0 Å². The van der Waals surface area contributed by atoms with Gasteiger partial charge in [-0.05, 0) is 25.3 Å². The van der Waals surface area contributed by atoms with Crippen molar-refractivity contribution in [2.75, 3.05) is 26.3 Å². The highest BCUT2D eigenvalue weighted by atomic mass is 16.5. The van der Waals surface area contributed by atoms with Gasteiger partial charge in [-0.1, -0.05) is 29.8 Å². The zero-order valence-electron chi connectivity index (χ0n) is 12.0.